The van der Waals surface area contributed by atoms with Gasteiger partial charge < -0.3 is 15.5 Å². The van der Waals surface area contributed by atoms with E-state index in [4.69, 9.17) is 15.5 Å². The molecule has 0 atom stereocenters. The van der Waals surface area contributed by atoms with Gasteiger partial charge >= 0.3 is 11.8 Å². The van der Waals surface area contributed by atoms with Gasteiger partial charge in [-0.25, -0.2) is 19.6 Å². The number of hydrogen-bond acceptors (Lipinski definition) is 5. The Balaban J connectivity index is 1.79. The van der Waals surface area contributed by atoms with Gasteiger partial charge in [-0.05, 0) is 34.6 Å². The first-order chi connectivity index (χ1) is 16.0. The minimum Gasteiger partial charge on any atom is -0.410 e. The van der Waals surface area contributed by atoms with E-state index in [1.807, 2.05) is 51.1 Å². The number of nitrogens with zero attached hydrogens (tertiary/aromatic N) is 3. The number of fused-ring (bicyclic) bond motifs is 1. The van der Waals surface area contributed by atoms with Gasteiger partial charge in [-0.3, -0.25) is 4.57 Å². The summed E-state index contributed by atoms with van der Waals surface area (Å²) in [6.07, 6.45) is 0.786. The quantitative estimate of drug-likeness (QED) is 0.448. The molecule has 34 heavy (non-hydrogen) atoms. The van der Waals surface area contributed by atoms with Crippen LogP contribution in [0.25, 0.3) is 22.6 Å². The molecule has 0 aliphatic rings. The minimum absolute atomic E-state index is 0.270. The van der Waals surface area contributed by atoms with Crippen molar-refractivity contribution < 1.29 is 9.53 Å². The number of nitrogens with one attached hydrogen (secondary N) is 1. The molecule has 0 fully saturated rings. The summed E-state index contributed by atoms with van der Waals surface area (Å²) in [4.78, 5) is 36.3. The number of nitrogens with two attached hydrogens (primary N) is 1. The van der Waals surface area contributed by atoms with Gasteiger partial charge in [0.25, 0.3) is 0 Å². The standard InChI is InChI=1S/C26H29N5O3/c1-15(2)17-8-6-7-9-18(17)22-28-13-20-23(30-22)31(25(33)29-20)14-16-10-11-21(34-24(27)32)19(12-16)26(3,4)5/h6-13,15H,14H2,1-5H3,(H2,27,32)(H,29,33). The summed E-state index contributed by atoms with van der Waals surface area (Å²) >= 11 is 0. The fraction of sp³-hybridized carbons (Fsp3) is 0.308. The van der Waals surface area contributed by atoms with Gasteiger partial charge in [-0.1, -0.05) is 65.0 Å². The summed E-state index contributed by atoms with van der Waals surface area (Å²) in [5, 5.41) is 0. The zero-order chi connectivity index (χ0) is 24.6. The fourth-order valence-electron chi connectivity index (χ4n) is 4.07. The van der Waals surface area contributed by atoms with Crippen LogP contribution in [0, 0.1) is 0 Å². The van der Waals surface area contributed by atoms with Crippen LogP contribution < -0.4 is 16.2 Å². The average Bonchev–Trinajstić information content (AvgIpc) is 3.08. The smallest absolute Gasteiger partial charge is 0.409 e. The number of rotatable bonds is 5. The molecule has 4 rings (SSSR count). The van der Waals surface area contributed by atoms with Crippen molar-refractivity contribution >= 4 is 17.3 Å². The lowest BCUT2D eigenvalue weighted by molar-refractivity contribution is 0.210. The summed E-state index contributed by atoms with van der Waals surface area (Å²) in [6.45, 7) is 10.6. The van der Waals surface area contributed by atoms with E-state index in [0.717, 1.165) is 22.3 Å². The number of primary amides is 1. The molecular weight excluding hydrogens is 430 g/mol. The molecule has 2 aromatic carbocycles. The summed E-state index contributed by atoms with van der Waals surface area (Å²) in [5.41, 5.74) is 9.54. The molecule has 0 bridgehead atoms. The second kappa shape index (κ2) is 8.78. The van der Waals surface area contributed by atoms with Crippen LogP contribution in [0.3, 0.4) is 0 Å². The van der Waals surface area contributed by atoms with Crippen LogP contribution in [0.4, 0.5) is 4.79 Å². The average molecular weight is 460 g/mol. The van der Waals surface area contributed by atoms with Crippen LogP contribution in [-0.4, -0.2) is 25.6 Å². The lowest BCUT2D eigenvalue weighted by Gasteiger charge is -2.23. The van der Waals surface area contributed by atoms with Crippen molar-refractivity contribution in [1.82, 2.24) is 19.5 Å². The van der Waals surface area contributed by atoms with Crippen LogP contribution in [-0.2, 0) is 12.0 Å². The lowest BCUT2D eigenvalue weighted by Crippen LogP contribution is -2.21. The number of imidazole rings is 1. The maximum atomic E-state index is 12.8. The number of amides is 1. The van der Waals surface area contributed by atoms with E-state index in [9.17, 15) is 9.59 Å². The molecule has 0 unspecified atom stereocenters. The SMILES string of the molecule is CC(C)c1ccccc1-c1ncc2[nH]c(=O)n(Cc3ccc(OC(N)=O)c(C(C)(C)C)c3)c2n1. The van der Waals surface area contributed by atoms with Crippen molar-refractivity contribution in [3.63, 3.8) is 0 Å². The van der Waals surface area contributed by atoms with Gasteiger partial charge in [0.15, 0.2) is 11.5 Å². The summed E-state index contributed by atoms with van der Waals surface area (Å²) < 4.78 is 6.79. The van der Waals surface area contributed by atoms with E-state index in [2.05, 4.69) is 29.9 Å². The normalized spacial score (nSPS) is 11.8. The molecule has 8 heteroatoms. The Kier molecular flexibility index (Phi) is 6.00. The van der Waals surface area contributed by atoms with E-state index >= 15 is 0 Å². The zero-order valence-electron chi connectivity index (χ0n) is 20.0. The molecule has 0 saturated heterocycles. The van der Waals surface area contributed by atoms with Crippen LogP contribution in [0.1, 0.15) is 57.2 Å². The summed E-state index contributed by atoms with van der Waals surface area (Å²) in [5.74, 6) is 1.29. The van der Waals surface area contributed by atoms with E-state index in [0.29, 0.717) is 35.2 Å². The van der Waals surface area contributed by atoms with Gasteiger partial charge in [-0.15, -0.1) is 0 Å². The Morgan fingerprint density at radius 1 is 1.18 bits per heavy atom. The van der Waals surface area contributed by atoms with E-state index in [1.165, 1.54) is 0 Å². The zero-order valence-corrected chi connectivity index (χ0v) is 20.0. The van der Waals surface area contributed by atoms with Crippen LogP contribution >= 0.6 is 0 Å². The molecule has 0 spiro atoms. The third kappa shape index (κ3) is 4.57. The third-order valence-corrected chi connectivity index (χ3v) is 5.74. The molecule has 1 amide bonds. The van der Waals surface area contributed by atoms with Gasteiger partial charge in [-0.2, -0.15) is 0 Å². The van der Waals surface area contributed by atoms with Gasteiger partial charge in [0.1, 0.15) is 11.3 Å². The molecule has 8 nitrogen and oxygen atoms in total. The Labute approximate surface area is 197 Å². The van der Waals surface area contributed by atoms with Crippen molar-refractivity contribution in [3.8, 4) is 17.1 Å². The second-order valence-electron chi connectivity index (χ2n) is 9.69. The number of H-pyrrole nitrogens is 1. The minimum atomic E-state index is -0.864. The largest absolute Gasteiger partial charge is 0.410 e. The number of ether oxygens (including phenoxy) is 1. The van der Waals surface area contributed by atoms with Crippen LogP contribution in [0.2, 0.25) is 0 Å². The fourth-order valence-corrected chi connectivity index (χ4v) is 4.07. The highest BCUT2D eigenvalue weighted by Crippen LogP contribution is 2.33. The van der Waals surface area contributed by atoms with Gasteiger partial charge in [0.2, 0.25) is 0 Å². The van der Waals surface area contributed by atoms with E-state index in [-0.39, 0.29) is 11.1 Å². The number of carbonyl (C=O) groups excluding carboxylic acids is 1. The molecule has 176 valence electrons. The molecule has 0 saturated carbocycles. The summed E-state index contributed by atoms with van der Waals surface area (Å²) in [6, 6.07) is 13.5. The van der Waals surface area contributed by atoms with Crippen LogP contribution in [0.15, 0.2) is 53.5 Å². The monoisotopic (exact) mass is 459 g/mol. The molecule has 4 aromatic rings. The third-order valence-electron chi connectivity index (χ3n) is 5.74. The van der Waals surface area contributed by atoms with Gasteiger partial charge in [0.05, 0.1) is 12.7 Å². The molecule has 0 aliphatic carbocycles. The molecule has 0 radical (unpaired) electrons. The number of aromatic amines is 1. The topological polar surface area (TPSA) is 116 Å². The molecule has 2 aromatic heterocycles. The predicted octanol–water partition coefficient (Wildman–Crippen LogP) is 4.71. The van der Waals surface area contributed by atoms with Crippen LogP contribution in [0.5, 0.6) is 5.75 Å². The van der Waals surface area contributed by atoms with E-state index in [1.54, 1.807) is 16.8 Å². The number of hydrogen-bond donors (Lipinski definition) is 2. The first-order valence-corrected chi connectivity index (χ1v) is 11.2. The maximum absolute atomic E-state index is 12.8. The summed E-state index contributed by atoms with van der Waals surface area (Å²) in [7, 11) is 0. The van der Waals surface area contributed by atoms with Crippen molar-refractivity contribution in [1.29, 1.82) is 0 Å². The number of carbonyl (C=O) groups is 1. The first-order valence-electron chi connectivity index (χ1n) is 11.2. The Hall–Kier alpha value is -3.94. The molecule has 2 heterocycles. The lowest BCUT2D eigenvalue weighted by atomic mass is 9.85. The highest BCUT2D eigenvalue weighted by molar-refractivity contribution is 5.74. The maximum Gasteiger partial charge on any atom is 0.409 e. The van der Waals surface area contributed by atoms with E-state index < -0.39 is 6.09 Å². The molecular formula is C26H29N5O3. The predicted molar refractivity (Wildman–Crippen MR) is 132 cm³/mol. The van der Waals surface area contributed by atoms with Crippen molar-refractivity contribution in [3.05, 3.63) is 75.8 Å². The first kappa shape index (κ1) is 23.2. The number of aromatic nitrogens is 4. The van der Waals surface area contributed by atoms with Crippen molar-refractivity contribution in [2.24, 2.45) is 5.73 Å². The Bertz CT molecular complexity index is 1430. The molecule has 0 aliphatic heterocycles. The van der Waals surface area contributed by atoms with Gasteiger partial charge in [0, 0.05) is 11.1 Å². The van der Waals surface area contributed by atoms with Crippen molar-refractivity contribution in [2.75, 3.05) is 0 Å². The highest BCUT2D eigenvalue weighted by atomic mass is 16.5. The second-order valence-corrected chi connectivity index (χ2v) is 9.69. The molecule has 3 N–H and O–H groups in total. The Morgan fingerprint density at radius 2 is 1.91 bits per heavy atom. The highest BCUT2D eigenvalue weighted by Gasteiger charge is 2.22. The van der Waals surface area contributed by atoms with Crippen molar-refractivity contribution in [2.45, 2.75) is 52.5 Å². The number of benzene rings is 2. The Morgan fingerprint density at radius 3 is 2.59 bits per heavy atom.